The highest BCUT2D eigenvalue weighted by Crippen LogP contribution is 2.26. The topological polar surface area (TPSA) is 80.5 Å². The van der Waals surface area contributed by atoms with Gasteiger partial charge in [0.05, 0.1) is 6.42 Å². The molecule has 0 radical (unpaired) electrons. The number of amides is 1. The summed E-state index contributed by atoms with van der Waals surface area (Å²) in [6.45, 7) is 3.38. The van der Waals surface area contributed by atoms with Crippen LogP contribution in [0.1, 0.15) is 59.0 Å². The third-order valence-corrected chi connectivity index (χ3v) is 3.42. The minimum atomic E-state index is -0.518. The Bertz CT molecular complexity index is 565. The fourth-order valence-electron chi connectivity index (χ4n) is 2.43. The van der Waals surface area contributed by atoms with E-state index < -0.39 is 5.91 Å². The van der Waals surface area contributed by atoms with E-state index in [0.29, 0.717) is 11.1 Å². The van der Waals surface area contributed by atoms with Gasteiger partial charge in [-0.15, -0.1) is 0 Å². The first-order valence-electron chi connectivity index (χ1n) is 6.90. The van der Waals surface area contributed by atoms with Gasteiger partial charge in [0.15, 0.2) is 5.78 Å². The number of benzene rings is 1. The summed E-state index contributed by atoms with van der Waals surface area (Å²) in [5.41, 5.74) is 6.99. The van der Waals surface area contributed by atoms with E-state index in [9.17, 15) is 14.4 Å². The van der Waals surface area contributed by atoms with Crippen LogP contribution in [0.4, 0.5) is 0 Å². The highest BCUT2D eigenvalue weighted by atomic mass is 16.1. The summed E-state index contributed by atoms with van der Waals surface area (Å²) in [7, 11) is 3.81. The Kier molecular flexibility index (Phi) is 5.79. The van der Waals surface area contributed by atoms with Crippen LogP contribution in [-0.2, 0) is 4.79 Å². The lowest BCUT2D eigenvalue weighted by Crippen LogP contribution is -2.24. The van der Waals surface area contributed by atoms with Crippen LogP contribution in [0.3, 0.4) is 0 Å². The van der Waals surface area contributed by atoms with E-state index in [1.165, 1.54) is 6.92 Å². The van der Waals surface area contributed by atoms with Crippen molar-refractivity contribution in [2.24, 2.45) is 5.73 Å². The number of primary amides is 1. The molecule has 5 nitrogen and oxygen atoms in total. The number of carbonyl (C=O) groups is 3. The van der Waals surface area contributed by atoms with Gasteiger partial charge in [-0.05, 0) is 45.1 Å². The molecule has 1 aromatic rings. The van der Waals surface area contributed by atoms with Crippen LogP contribution in [-0.4, -0.2) is 36.5 Å². The molecule has 1 aromatic carbocycles. The standard InChI is InChI=1S/C16H22N2O3/c1-5-14(18(3)4)13-9-11(15(20)8-10(2)19)6-7-12(13)16(17)21/h6-7,9,14H,5,8H2,1-4H3,(H2,17,21). The highest BCUT2D eigenvalue weighted by Gasteiger charge is 2.20. The Morgan fingerprint density at radius 3 is 2.29 bits per heavy atom. The van der Waals surface area contributed by atoms with Crippen molar-refractivity contribution in [3.63, 3.8) is 0 Å². The quantitative estimate of drug-likeness (QED) is 0.615. The van der Waals surface area contributed by atoms with Crippen LogP contribution in [0.5, 0.6) is 0 Å². The van der Waals surface area contributed by atoms with Gasteiger partial charge in [-0.1, -0.05) is 13.0 Å². The van der Waals surface area contributed by atoms with E-state index in [0.717, 1.165) is 12.0 Å². The molecule has 0 saturated heterocycles. The SMILES string of the molecule is CCC(c1cc(C(=O)CC(C)=O)ccc1C(N)=O)N(C)C. The second-order valence-corrected chi connectivity index (χ2v) is 5.36. The predicted molar refractivity (Wildman–Crippen MR) is 81.3 cm³/mol. The molecule has 0 aliphatic rings. The molecule has 0 spiro atoms. The van der Waals surface area contributed by atoms with Gasteiger partial charge in [-0.2, -0.15) is 0 Å². The van der Waals surface area contributed by atoms with Crippen molar-refractivity contribution >= 4 is 17.5 Å². The van der Waals surface area contributed by atoms with Gasteiger partial charge in [0, 0.05) is 17.2 Å². The minimum absolute atomic E-state index is 0.0161. The molecule has 0 aromatic heterocycles. The second-order valence-electron chi connectivity index (χ2n) is 5.36. The Morgan fingerprint density at radius 1 is 1.24 bits per heavy atom. The first kappa shape index (κ1) is 17.0. The van der Waals surface area contributed by atoms with E-state index >= 15 is 0 Å². The molecule has 0 aliphatic carbocycles. The molecule has 0 saturated carbocycles. The number of nitrogens with zero attached hydrogens (tertiary/aromatic N) is 1. The van der Waals surface area contributed by atoms with Crippen molar-refractivity contribution < 1.29 is 14.4 Å². The normalized spacial score (nSPS) is 12.2. The monoisotopic (exact) mass is 290 g/mol. The largest absolute Gasteiger partial charge is 0.366 e. The Labute approximate surface area is 125 Å². The molecule has 21 heavy (non-hydrogen) atoms. The number of ketones is 2. The van der Waals surface area contributed by atoms with Crippen molar-refractivity contribution in [2.75, 3.05) is 14.1 Å². The number of hydrogen-bond donors (Lipinski definition) is 1. The average molecular weight is 290 g/mol. The molecule has 0 heterocycles. The molecule has 114 valence electrons. The second kappa shape index (κ2) is 7.13. The third-order valence-electron chi connectivity index (χ3n) is 3.42. The van der Waals surface area contributed by atoms with Crippen molar-refractivity contribution in [3.8, 4) is 0 Å². The summed E-state index contributed by atoms with van der Waals surface area (Å²) in [4.78, 5) is 36.7. The summed E-state index contributed by atoms with van der Waals surface area (Å²) in [6.07, 6.45) is 0.645. The van der Waals surface area contributed by atoms with Crippen molar-refractivity contribution in [2.45, 2.75) is 32.7 Å². The fourth-order valence-corrected chi connectivity index (χ4v) is 2.43. The van der Waals surface area contributed by atoms with Crippen LogP contribution in [0.15, 0.2) is 18.2 Å². The maximum atomic E-state index is 12.0. The number of hydrogen-bond acceptors (Lipinski definition) is 4. The van der Waals surface area contributed by atoms with E-state index in [4.69, 9.17) is 5.73 Å². The smallest absolute Gasteiger partial charge is 0.249 e. The van der Waals surface area contributed by atoms with E-state index in [1.54, 1.807) is 18.2 Å². The number of nitrogens with two attached hydrogens (primary N) is 1. The molecule has 1 unspecified atom stereocenters. The Morgan fingerprint density at radius 2 is 1.86 bits per heavy atom. The van der Waals surface area contributed by atoms with Gasteiger partial charge in [-0.3, -0.25) is 14.4 Å². The lowest BCUT2D eigenvalue weighted by atomic mass is 9.93. The minimum Gasteiger partial charge on any atom is -0.366 e. The lowest BCUT2D eigenvalue weighted by molar-refractivity contribution is -0.116. The highest BCUT2D eigenvalue weighted by molar-refractivity contribution is 6.08. The summed E-state index contributed by atoms with van der Waals surface area (Å²) >= 11 is 0. The van der Waals surface area contributed by atoms with E-state index in [1.807, 2.05) is 25.9 Å². The first-order chi connectivity index (χ1) is 9.77. The van der Waals surface area contributed by atoms with E-state index in [-0.39, 0.29) is 24.0 Å². The zero-order chi connectivity index (χ0) is 16.2. The van der Waals surface area contributed by atoms with Crippen LogP contribution in [0.25, 0.3) is 0 Å². The molecule has 5 heteroatoms. The number of carbonyl (C=O) groups excluding carboxylic acids is 3. The Balaban J connectivity index is 3.33. The van der Waals surface area contributed by atoms with Gasteiger partial charge < -0.3 is 10.6 Å². The van der Waals surface area contributed by atoms with E-state index in [2.05, 4.69) is 0 Å². The third kappa shape index (κ3) is 4.23. The summed E-state index contributed by atoms with van der Waals surface area (Å²) in [6, 6.07) is 4.78. The molecular weight excluding hydrogens is 268 g/mol. The average Bonchev–Trinajstić information content (AvgIpc) is 2.37. The zero-order valence-electron chi connectivity index (χ0n) is 13.0. The molecular formula is C16H22N2O3. The predicted octanol–water partition coefficient (Wildman–Crippen LogP) is 1.96. The summed E-state index contributed by atoms with van der Waals surface area (Å²) in [5.74, 6) is -0.940. The molecule has 0 aliphatic heterocycles. The zero-order valence-corrected chi connectivity index (χ0v) is 13.0. The van der Waals surface area contributed by atoms with Crippen LogP contribution < -0.4 is 5.73 Å². The summed E-state index contributed by atoms with van der Waals surface area (Å²) in [5, 5.41) is 0. The van der Waals surface area contributed by atoms with Gasteiger partial charge in [-0.25, -0.2) is 0 Å². The Hall–Kier alpha value is -2.01. The maximum absolute atomic E-state index is 12.0. The van der Waals surface area contributed by atoms with Crippen LogP contribution in [0.2, 0.25) is 0 Å². The first-order valence-corrected chi connectivity index (χ1v) is 6.90. The molecule has 0 fully saturated rings. The van der Waals surface area contributed by atoms with Crippen molar-refractivity contribution in [1.29, 1.82) is 0 Å². The molecule has 0 bridgehead atoms. The molecule has 1 amide bonds. The van der Waals surface area contributed by atoms with Crippen LogP contribution >= 0.6 is 0 Å². The molecule has 1 rings (SSSR count). The van der Waals surface area contributed by atoms with Gasteiger partial charge in [0.25, 0.3) is 0 Å². The molecule has 1 atom stereocenters. The number of Topliss-reactive ketones (excluding diaryl/α,β-unsaturated/α-hetero) is 2. The van der Waals surface area contributed by atoms with Crippen molar-refractivity contribution in [3.05, 3.63) is 34.9 Å². The van der Waals surface area contributed by atoms with Gasteiger partial charge >= 0.3 is 0 Å². The maximum Gasteiger partial charge on any atom is 0.249 e. The number of rotatable bonds is 7. The molecule has 2 N–H and O–H groups in total. The van der Waals surface area contributed by atoms with Gasteiger partial charge in [0.1, 0.15) is 5.78 Å². The lowest BCUT2D eigenvalue weighted by Gasteiger charge is -2.25. The summed E-state index contributed by atoms with van der Waals surface area (Å²) < 4.78 is 0. The fraction of sp³-hybridized carbons (Fsp3) is 0.438. The van der Waals surface area contributed by atoms with Crippen LogP contribution in [0, 0.1) is 0 Å². The van der Waals surface area contributed by atoms with Gasteiger partial charge in [0.2, 0.25) is 5.91 Å². The van der Waals surface area contributed by atoms with Crippen molar-refractivity contribution in [1.82, 2.24) is 4.90 Å².